The molecule has 1 saturated heterocycles. The highest BCUT2D eigenvalue weighted by atomic mass is 19.1. The first kappa shape index (κ1) is 17.4. The van der Waals surface area contributed by atoms with Crippen LogP contribution >= 0.6 is 0 Å². The molecule has 0 atom stereocenters. The number of benzene rings is 1. The monoisotopic (exact) mass is 320 g/mol. The van der Waals surface area contributed by atoms with E-state index in [4.69, 9.17) is 0 Å². The smallest absolute Gasteiger partial charge is 0.225 e. The molecule has 0 spiro atoms. The summed E-state index contributed by atoms with van der Waals surface area (Å²) in [5, 5.41) is 0. The van der Waals surface area contributed by atoms with Gasteiger partial charge in [-0.3, -0.25) is 9.59 Å². The molecule has 0 bridgehead atoms. The minimum atomic E-state index is -0.271. The molecule has 0 N–H and O–H groups in total. The van der Waals surface area contributed by atoms with Crippen molar-refractivity contribution < 1.29 is 14.0 Å². The van der Waals surface area contributed by atoms with Crippen molar-refractivity contribution in [2.75, 3.05) is 26.2 Å². The number of hydrogen-bond acceptors (Lipinski definition) is 2. The maximum Gasteiger partial charge on any atom is 0.225 e. The van der Waals surface area contributed by atoms with Gasteiger partial charge < -0.3 is 9.80 Å². The van der Waals surface area contributed by atoms with Crippen LogP contribution in [0.3, 0.4) is 0 Å². The van der Waals surface area contributed by atoms with Gasteiger partial charge in [0.2, 0.25) is 11.8 Å². The maximum atomic E-state index is 13.2. The van der Waals surface area contributed by atoms with Crippen LogP contribution in [0.2, 0.25) is 0 Å². The summed E-state index contributed by atoms with van der Waals surface area (Å²) >= 11 is 0. The van der Waals surface area contributed by atoms with Crippen LogP contribution in [0, 0.1) is 11.7 Å². The fourth-order valence-corrected chi connectivity index (χ4v) is 2.85. The zero-order valence-electron chi connectivity index (χ0n) is 13.9. The van der Waals surface area contributed by atoms with Crippen molar-refractivity contribution in [1.82, 2.24) is 9.80 Å². The third-order valence-corrected chi connectivity index (χ3v) is 4.17. The fourth-order valence-electron chi connectivity index (χ4n) is 2.85. The predicted octanol–water partition coefficient (Wildman–Crippen LogP) is 2.48. The molecule has 1 aromatic rings. The van der Waals surface area contributed by atoms with Gasteiger partial charge in [-0.2, -0.15) is 0 Å². The van der Waals surface area contributed by atoms with Crippen LogP contribution in [0.5, 0.6) is 0 Å². The third kappa shape index (κ3) is 5.05. The quantitative estimate of drug-likeness (QED) is 0.855. The number of halogens is 1. The number of carbonyl (C=O) groups is 2. The van der Waals surface area contributed by atoms with Gasteiger partial charge in [0.25, 0.3) is 0 Å². The lowest BCUT2D eigenvalue weighted by Gasteiger charge is -2.23. The molecule has 1 aromatic carbocycles. The van der Waals surface area contributed by atoms with E-state index in [1.165, 1.54) is 12.1 Å². The number of rotatable bonds is 4. The van der Waals surface area contributed by atoms with Gasteiger partial charge in [-0.25, -0.2) is 4.39 Å². The van der Waals surface area contributed by atoms with Crippen molar-refractivity contribution in [3.05, 3.63) is 35.6 Å². The zero-order valence-corrected chi connectivity index (χ0v) is 13.9. The number of hydrogen-bond donors (Lipinski definition) is 0. The molecule has 0 aromatic heterocycles. The summed E-state index contributed by atoms with van der Waals surface area (Å²) in [4.78, 5) is 28.1. The Morgan fingerprint density at radius 2 is 1.83 bits per heavy atom. The highest BCUT2D eigenvalue weighted by Gasteiger charge is 2.23. The van der Waals surface area contributed by atoms with E-state index in [0.717, 1.165) is 12.0 Å². The average molecular weight is 320 g/mol. The summed E-state index contributed by atoms with van der Waals surface area (Å²) in [5.74, 6) is -0.0510. The lowest BCUT2D eigenvalue weighted by molar-refractivity contribution is -0.135. The van der Waals surface area contributed by atoms with Gasteiger partial charge in [-0.15, -0.1) is 0 Å². The molecule has 126 valence electrons. The van der Waals surface area contributed by atoms with E-state index in [-0.39, 0.29) is 23.5 Å². The van der Waals surface area contributed by atoms with Crippen molar-refractivity contribution in [3.63, 3.8) is 0 Å². The molecule has 0 unspecified atom stereocenters. The van der Waals surface area contributed by atoms with E-state index in [0.29, 0.717) is 39.0 Å². The van der Waals surface area contributed by atoms with Gasteiger partial charge >= 0.3 is 0 Å². The molecular formula is C18H25FN2O2. The van der Waals surface area contributed by atoms with Crippen molar-refractivity contribution >= 4 is 11.8 Å². The van der Waals surface area contributed by atoms with Gasteiger partial charge in [0, 0.05) is 38.5 Å². The van der Waals surface area contributed by atoms with Crippen LogP contribution in [0.1, 0.15) is 32.3 Å². The van der Waals surface area contributed by atoms with E-state index < -0.39 is 0 Å². The van der Waals surface area contributed by atoms with Crippen molar-refractivity contribution in [1.29, 1.82) is 0 Å². The lowest BCUT2D eigenvalue weighted by Crippen LogP contribution is -2.39. The average Bonchev–Trinajstić information content (AvgIpc) is 2.78. The molecule has 5 heteroatoms. The highest BCUT2D eigenvalue weighted by molar-refractivity contribution is 5.79. The summed E-state index contributed by atoms with van der Waals surface area (Å²) < 4.78 is 13.2. The van der Waals surface area contributed by atoms with E-state index in [9.17, 15) is 14.0 Å². The van der Waals surface area contributed by atoms with Gasteiger partial charge in [0.1, 0.15) is 5.82 Å². The molecule has 2 amide bonds. The molecule has 2 rings (SSSR count). The third-order valence-electron chi connectivity index (χ3n) is 4.17. The highest BCUT2D eigenvalue weighted by Crippen LogP contribution is 2.11. The Labute approximate surface area is 137 Å². The van der Waals surface area contributed by atoms with Crippen molar-refractivity contribution in [2.45, 2.75) is 33.1 Å². The van der Waals surface area contributed by atoms with Crippen LogP contribution in [-0.4, -0.2) is 47.8 Å². The molecule has 4 nitrogen and oxygen atoms in total. The largest absolute Gasteiger partial charge is 0.341 e. The minimum absolute atomic E-state index is 0.00905. The summed E-state index contributed by atoms with van der Waals surface area (Å²) in [5.41, 5.74) is 0.838. The standard InChI is InChI=1S/C18H25FN2O2/c1-14(2)18(23)21-10-4-9-20(11-12-21)17(22)8-7-15-5-3-6-16(19)13-15/h3,5-6,13-14H,4,7-12H2,1-2H3. The molecule has 1 heterocycles. The molecule has 1 aliphatic heterocycles. The van der Waals surface area contributed by atoms with Crippen LogP contribution in [0.25, 0.3) is 0 Å². The topological polar surface area (TPSA) is 40.6 Å². The molecule has 0 radical (unpaired) electrons. The second kappa shape index (κ2) is 8.09. The van der Waals surface area contributed by atoms with Gasteiger partial charge in [0.05, 0.1) is 0 Å². The molecule has 1 aliphatic rings. The number of amides is 2. The Hall–Kier alpha value is -1.91. The molecule has 0 saturated carbocycles. The van der Waals surface area contributed by atoms with Crippen LogP contribution in [0.4, 0.5) is 4.39 Å². The van der Waals surface area contributed by atoms with Gasteiger partial charge in [0.15, 0.2) is 0 Å². The number of aryl methyl sites for hydroxylation is 1. The van der Waals surface area contributed by atoms with E-state index in [1.807, 2.05) is 29.7 Å². The SMILES string of the molecule is CC(C)C(=O)N1CCCN(C(=O)CCc2cccc(F)c2)CC1. The van der Waals surface area contributed by atoms with Crippen LogP contribution in [-0.2, 0) is 16.0 Å². The zero-order chi connectivity index (χ0) is 16.8. The van der Waals surface area contributed by atoms with E-state index in [1.54, 1.807) is 6.07 Å². The number of carbonyl (C=O) groups excluding carboxylic acids is 2. The molecule has 23 heavy (non-hydrogen) atoms. The lowest BCUT2D eigenvalue weighted by atomic mass is 10.1. The van der Waals surface area contributed by atoms with Gasteiger partial charge in [-0.1, -0.05) is 26.0 Å². The Kier molecular flexibility index (Phi) is 6.13. The normalized spacial score (nSPS) is 15.7. The Morgan fingerprint density at radius 1 is 1.13 bits per heavy atom. The molecule has 1 fully saturated rings. The van der Waals surface area contributed by atoms with Crippen molar-refractivity contribution in [2.24, 2.45) is 5.92 Å². The maximum absolute atomic E-state index is 13.2. The minimum Gasteiger partial charge on any atom is -0.341 e. The van der Waals surface area contributed by atoms with Crippen LogP contribution in [0.15, 0.2) is 24.3 Å². The van der Waals surface area contributed by atoms with Crippen molar-refractivity contribution in [3.8, 4) is 0 Å². The molecular weight excluding hydrogens is 295 g/mol. The molecule has 0 aliphatic carbocycles. The van der Waals surface area contributed by atoms with Crippen LogP contribution < -0.4 is 0 Å². The summed E-state index contributed by atoms with van der Waals surface area (Å²) in [6.07, 6.45) is 1.73. The summed E-state index contributed by atoms with van der Waals surface area (Å²) in [6.45, 7) is 6.38. The first-order valence-corrected chi connectivity index (χ1v) is 8.28. The summed E-state index contributed by atoms with van der Waals surface area (Å²) in [6, 6.07) is 6.37. The van der Waals surface area contributed by atoms with E-state index >= 15 is 0 Å². The van der Waals surface area contributed by atoms with Gasteiger partial charge in [-0.05, 0) is 30.5 Å². The predicted molar refractivity (Wildman–Crippen MR) is 87.3 cm³/mol. The Balaban J connectivity index is 1.84. The first-order chi connectivity index (χ1) is 11.0. The second-order valence-electron chi connectivity index (χ2n) is 6.34. The van der Waals surface area contributed by atoms with E-state index in [2.05, 4.69) is 0 Å². The summed E-state index contributed by atoms with van der Waals surface area (Å²) in [7, 11) is 0. The first-order valence-electron chi connectivity index (χ1n) is 8.28. The second-order valence-corrected chi connectivity index (χ2v) is 6.34. The fraction of sp³-hybridized carbons (Fsp3) is 0.556. The Bertz CT molecular complexity index is 560. The number of nitrogens with zero attached hydrogens (tertiary/aromatic N) is 2. The Morgan fingerprint density at radius 3 is 2.52 bits per heavy atom.